The minimum atomic E-state index is -0.625. The number of nitrogens with two attached hydrogens (primary N) is 1. The Balaban J connectivity index is -0.0000000393. The maximum absolute atomic E-state index is 10.5. The molecule has 170 valence electrons. The first-order chi connectivity index (χ1) is 11.4. The molecule has 0 saturated heterocycles. The van der Waals surface area contributed by atoms with Crippen molar-refractivity contribution in [1.29, 1.82) is 0 Å². The van der Waals surface area contributed by atoms with Crippen LogP contribution in [0.1, 0.15) is 81.8 Å². The minimum absolute atomic E-state index is 0. The van der Waals surface area contributed by atoms with Crippen molar-refractivity contribution in [2.45, 2.75) is 63.8 Å². The number of rotatable bonds is 2. The molecule has 3 N–H and O–H groups in total. The van der Waals surface area contributed by atoms with Crippen molar-refractivity contribution in [3.05, 3.63) is 82.7 Å². The van der Waals surface area contributed by atoms with Gasteiger partial charge in [0.1, 0.15) is 0 Å². The van der Waals surface area contributed by atoms with Gasteiger partial charge in [-0.1, -0.05) is 97.5 Å². The Bertz CT molecular complexity index is 550. The summed E-state index contributed by atoms with van der Waals surface area (Å²) in [7, 11) is 0. The summed E-state index contributed by atoms with van der Waals surface area (Å²) in [6, 6.07) is 14.1. The van der Waals surface area contributed by atoms with Gasteiger partial charge in [-0.3, -0.25) is 4.79 Å². The van der Waals surface area contributed by atoms with E-state index >= 15 is 0 Å². The molecule has 0 aliphatic rings. The van der Waals surface area contributed by atoms with Gasteiger partial charge in [-0.15, -0.1) is 0 Å². The molecule has 0 spiro atoms. The summed E-state index contributed by atoms with van der Waals surface area (Å²) in [6.45, 7) is 11.9. The molecule has 0 aromatic heterocycles. The topological polar surface area (TPSA) is 91.4 Å². The molecule has 1 amide bonds. The summed E-state index contributed by atoms with van der Waals surface area (Å²) in [5, 5.41) is -0.403. The first kappa shape index (κ1) is 52.2. The monoisotopic (exact) mass is 590 g/mol. The van der Waals surface area contributed by atoms with Crippen LogP contribution in [0.25, 0.3) is 11.9 Å². The Morgan fingerprint density at radius 1 is 0.667 bits per heavy atom. The second-order valence-electron chi connectivity index (χ2n) is 4.33. The van der Waals surface area contributed by atoms with Gasteiger partial charge in [0.15, 0.2) is 0 Å². The Hall–Kier alpha value is 0.0378. The zero-order valence-corrected chi connectivity index (χ0v) is 23.5. The van der Waals surface area contributed by atoms with Gasteiger partial charge in [-0.2, -0.15) is 0 Å². The van der Waals surface area contributed by atoms with Crippen molar-refractivity contribution in [1.82, 2.24) is 0 Å². The molecule has 4 nitrogen and oxygen atoms in total. The second-order valence-corrected chi connectivity index (χ2v) is 4.68. The van der Waals surface area contributed by atoms with Crippen molar-refractivity contribution < 1.29 is 75.0 Å². The number of aryl methyl sites for hydroxylation is 2. The molecular formula is C23H41ClN2O2Y2-2. The van der Waals surface area contributed by atoms with Crippen molar-refractivity contribution in [3.8, 4) is 0 Å². The van der Waals surface area contributed by atoms with E-state index < -0.39 is 11.1 Å². The molecule has 0 aliphatic heterocycles. The number of carbonyl (C=O) groups excluding carboxylic acids is 2. The SMILES string of the molecule is C.C.C.CC.CC.Cc1ccc(C(=O)Cl)cc1.Cc1ccc(C([NH-])=O)cc1.[NH2-].[Y].[Y]. The maximum atomic E-state index is 10.5. The van der Waals surface area contributed by atoms with Gasteiger partial charge >= 0.3 is 0 Å². The molecular weight excluding hydrogens is 550 g/mol. The van der Waals surface area contributed by atoms with E-state index in [0.717, 1.165) is 11.1 Å². The van der Waals surface area contributed by atoms with Gasteiger partial charge in [0.2, 0.25) is 0 Å². The van der Waals surface area contributed by atoms with Gasteiger partial charge in [-0.05, 0) is 43.1 Å². The first-order valence-corrected chi connectivity index (χ1v) is 8.37. The zero-order chi connectivity index (χ0) is 19.1. The summed E-state index contributed by atoms with van der Waals surface area (Å²) < 4.78 is 0. The quantitative estimate of drug-likeness (QED) is 0.326. The minimum Gasteiger partial charge on any atom is -0.693 e. The molecule has 7 heteroatoms. The normalized spacial score (nSPS) is 6.63. The van der Waals surface area contributed by atoms with E-state index in [9.17, 15) is 9.59 Å². The van der Waals surface area contributed by atoms with Crippen molar-refractivity contribution in [2.75, 3.05) is 0 Å². The van der Waals surface area contributed by atoms with Crippen LogP contribution in [0.2, 0.25) is 0 Å². The largest absolute Gasteiger partial charge is 0.693 e. The summed E-state index contributed by atoms with van der Waals surface area (Å²) in [5.74, 6) is -0.625. The Morgan fingerprint density at radius 3 is 1.10 bits per heavy atom. The van der Waals surface area contributed by atoms with Gasteiger partial charge < -0.3 is 16.7 Å². The fraction of sp³-hybridized carbons (Fsp3) is 0.391. The average Bonchev–Trinajstić information content (AvgIpc) is 2.60. The summed E-state index contributed by atoms with van der Waals surface area (Å²) in [5.41, 5.74) is 9.98. The molecule has 2 rings (SSSR count). The predicted octanol–water partition coefficient (Wildman–Crippen LogP) is 9.23. The van der Waals surface area contributed by atoms with E-state index in [4.69, 9.17) is 17.3 Å². The van der Waals surface area contributed by atoms with Crippen molar-refractivity contribution >= 4 is 22.8 Å². The van der Waals surface area contributed by atoms with Crippen LogP contribution in [-0.2, 0) is 65.4 Å². The number of benzene rings is 2. The Morgan fingerprint density at radius 2 is 0.900 bits per heavy atom. The third-order valence-electron chi connectivity index (χ3n) is 2.59. The number of hydrogen-bond acceptors (Lipinski definition) is 2. The summed E-state index contributed by atoms with van der Waals surface area (Å²) in [4.78, 5) is 20.9. The van der Waals surface area contributed by atoms with Gasteiger partial charge in [-0.25, -0.2) is 0 Å². The number of nitrogens with one attached hydrogen (secondary N) is 1. The molecule has 0 saturated carbocycles. The fourth-order valence-electron chi connectivity index (χ4n) is 1.39. The molecule has 2 radical (unpaired) electrons. The van der Waals surface area contributed by atoms with E-state index in [1.54, 1.807) is 24.3 Å². The molecule has 0 aliphatic carbocycles. The zero-order valence-electron chi connectivity index (χ0n) is 17.0. The Labute approximate surface area is 241 Å². The average molecular weight is 591 g/mol. The number of hydrogen-bond donors (Lipinski definition) is 0. The van der Waals surface area contributed by atoms with Gasteiger partial charge in [0.05, 0.1) is 5.91 Å². The van der Waals surface area contributed by atoms with Gasteiger partial charge in [0.25, 0.3) is 5.24 Å². The standard InChI is InChI=1S/C8H7ClO.C8H9NO.2C2H6.3CH4.H2N.2Y/c2*1-6-2-4-7(5-3-6)8(9)10;2*1-2;;;;;;/h2-5H,1H3;2-5H,1H3,(H2,9,10);2*1-2H3;3*1H4;1H2;;/q;;;;;;;-1;;/p-1. The fourth-order valence-corrected chi connectivity index (χ4v) is 1.52. The second kappa shape index (κ2) is 33.7. The van der Waals surface area contributed by atoms with Crippen LogP contribution in [0.5, 0.6) is 0 Å². The number of amides is 1. The van der Waals surface area contributed by atoms with Crippen LogP contribution in [0.15, 0.2) is 48.5 Å². The smallest absolute Gasteiger partial charge is 0.252 e. The van der Waals surface area contributed by atoms with E-state index in [1.165, 1.54) is 0 Å². The third kappa shape index (κ3) is 26.1. The first-order valence-electron chi connectivity index (χ1n) is 7.99. The molecule has 0 heterocycles. The molecule has 2 aromatic rings. The van der Waals surface area contributed by atoms with Crippen LogP contribution >= 0.6 is 11.6 Å². The molecule has 0 unspecified atom stereocenters. The van der Waals surface area contributed by atoms with Crippen LogP contribution in [0.3, 0.4) is 0 Å². The van der Waals surface area contributed by atoms with E-state index in [1.807, 2.05) is 65.8 Å². The van der Waals surface area contributed by atoms with Crippen LogP contribution < -0.4 is 0 Å². The molecule has 30 heavy (non-hydrogen) atoms. The van der Waals surface area contributed by atoms with E-state index in [2.05, 4.69) is 0 Å². The molecule has 0 fully saturated rings. The third-order valence-corrected chi connectivity index (χ3v) is 2.81. The van der Waals surface area contributed by atoms with Crippen LogP contribution in [0.4, 0.5) is 0 Å². The van der Waals surface area contributed by atoms with Gasteiger partial charge in [0, 0.05) is 71.0 Å². The van der Waals surface area contributed by atoms with Crippen LogP contribution in [0, 0.1) is 13.8 Å². The predicted molar refractivity (Wildman–Crippen MR) is 129 cm³/mol. The Kier molecular flexibility index (Phi) is 58.5. The maximum Gasteiger partial charge on any atom is 0.252 e. The summed E-state index contributed by atoms with van der Waals surface area (Å²) >= 11 is 5.22. The number of halogens is 1. The van der Waals surface area contributed by atoms with E-state index in [0.29, 0.717) is 11.1 Å². The van der Waals surface area contributed by atoms with E-state index in [-0.39, 0.29) is 93.8 Å². The molecule has 0 atom stereocenters. The molecule has 2 aromatic carbocycles. The molecule has 0 bridgehead atoms. The number of carbonyl (C=O) groups is 2. The van der Waals surface area contributed by atoms with Crippen molar-refractivity contribution in [2.24, 2.45) is 0 Å². The van der Waals surface area contributed by atoms with Crippen LogP contribution in [-0.4, -0.2) is 11.1 Å². The summed E-state index contributed by atoms with van der Waals surface area (Å²) in [6.07, 6.45) is 0. The van der Waals surface area contributed by atoms with Crippen molar-refractivity contribution in [3.63, 3.8) is 0 Å².